The summed E-state index contributed by atoms with van der Waals surface area (Å²) >= 11 is 1.43. The quantitative estimate of drug-likeness (QED) is 0.783. The minimum absolute atomic E-state index is 0.260. The molecule has 1 aromatic carbocycles. The normalized spacial score (nSPS) is 11.6. The van der Waals surface area contributed by atoms with Crippen LogP contribution in [-0.4, -0.2) is 22.1 Å². The summed E-state index contributed by atoms with van der Waals surface area (Å²) in [7, 11) is 0. The van der Waals surface area contributed by atoms with Crippen LogP contribution >= 0.6 is 11.3 Å². The van der Waals surface area contributed by atoms with Gasteiger partial charge in [0.15, 0.2) is 6.04 Å². The Morgan fingerprint density at radius 3 is 2.65 bits per heavy atom. The van der Waals surface area contributed by atoms with Gasteiger partial charge in [-0.3, -0.25) is 0 Å². The van der Waals surface area contributed by atoms with E-state index in [1.807, 2.05) is 5.38 Å². The molecule has 0 aliphatic heterocycles. The topological polar surface area (TPSA) is 91.3 Å². The number of amides is 2. The molecule has 7 heteroatoms. The zero-order chi connectivity index (χ0) is 14.4. The number of aliphatic carboxylic acids is 1. The molecular formula is C13H13N3O3S. The number of nitrogens with one attached hydrogen (secondary N) is 2. The summed E-state index contributed by atoms with van der Waals surface area (Å²) in [6.07, 6.45) is 0. The molecule has 1 aromatic heterocycles. The molecule has 2 amide bonds. The highest BCUT2D eigenvalue weighted by atomic mass is 32.1. The lowest BCUT2D eigenvalue weighted by atomic mass is 10.1. The van der Waals surface area contributed by atoms with E-state index < -0.39 is 18.0 Å². The maximum absolute atomic E-state index is 11.7. The molecule has 104 valence electrons. The lowest BCUT2D eigenvalue weighted by Crippen LogP contribution is -2.40. The zero-order valence-electron chi connectivity index (χ0n) is 10.4. The second-order valence-corrected chi connectivity index (χ2v) is 4.71. The molecular weight excluding hydrogens is 278 g/mol. The molecule has 0 bridgehead atoms. The van der Waals surface area contributed by atoms with E-state index in [1.165, 1.54) is 11.3 Å². The lowest BCUT2D eigenvalue weighted by molar-refractivity contribution is -0.139. The lowest BCUT2D eigenvalue weighted by Gasteiger charge is -2.15. The third-order valence-electron chi connectivity index (χ3n) is 2.57. The number of hydrogen-bond acceptors (Lipinski definition) is 4. The largest absolute Gasteiger partial charge is 0.479 e. The molecule has 0 aliphatic carbocycles. The van der Waals surface area contributed by atoms with Gasteiger partial charge in [-0.15, -0.1) is 11.3 Å². The van der Waals surface area contributed by atoms with E-state index in [0.717, 1.165) is 5.69 Å². The third kappa shape index (κ3) is 3.79. The summed E-state index contributed by atoms with van der Waals surface area (Å²) in [5.41, 5.74) is 2.92. The van der Waals surface area contributed by atoms with Crippen LogP contribution in [0, 0.1) is 0 Å². The van der Waals surface area contributed by atoms with Crippen LogP contribution in [0.15, 0.2) is 41.2 Å². The molecule has 0 saturated heterocycles. The Morgan fingerprint density at radius 2 is 2.05 bits per heavy atom. The second-order valence-electron chi connectivity index (χ2n) is 3.99. The molecule has 0 saturated carbocycles. The SMILES string of the molecule is O=C(NCc1cscn1)N[C@@H](C(=O)O)c1ccccc1. The van der Waals surface area contributed by atoms with Crippen LogP contribution < -0.4 is 10.6 Å². The van der Waals surface area contributed by atoms with E-state index in [-0.39, 0.29) is 6.54 Å². The van der Waals surface area contributed by atoms with Gasteiger partial charge in [0.1, 0.15) is 0 Å². The van der Waals surface area contributed by atoms with Crippen molar-refractivity contribution in [2.75, 3.05) is 0 Å². The number of rotatable bonds is 5. The van der Waals surface area contributed by atoms with Crippen molar-refractivity contribution in [3.63, 3.8) is 0 Å². The van der Waals surface area contributed by atoms with E-state index in [1.54, 1.807) is 35.8 Å². The van der Waals surface area contributed by atoms with Crippen LogP contribution in [0.4, 0.5) is 4.79 Å². The van der Waals surface area contributed by atoms with Crippen molar-refractivity contribution in [1.82, 2.24) is 15.6 Å². The molecule has 1 atom stereocenters. The predicted molar refractivity (Wildman–Crippen MR) is 74.3 cm³/mol. The molecule has 0 spiro atoms. The van der Waals surface area contributed by atoms with Crippen molar-refractivity contribution < 1.29 is 14.7 Å². The van der Waals surface area contributed by atoms with Crippen molar-refractivity contribution in [2.45, 2.75) is 12.6 Å². The molecule has 0 radical (unpaired) electrons. The molecule has 2 rings (SSSR count). The van der Waals surface area contributed by atoms with Crippen molar-refractivity contribution in [3.8, 4) is 0 Å². The number of carbonyl (C=O) groups excluding carboxylic acids is 1. The van der Waals surface area contributed by atoms with E-state index in [2.05, 4.69) is 15.6 Å². The summed E-state index contributed by atoms with van der Waals surface area (Å²) in [5, 5.41) is 16.0. The highest BCUT2D eigenvalue weighted by molar-refractivity contribution is 7.07. The average Bonchev–Trinajstić information content (AvgIpc) is 2.96. The first-order valence-electron chi connectivity index (χ1n) is 5.86. The van der Waals surface area contributed by atoms with Crippen LogP contribution in [0.1, 0.15) is 17.3 Å². The summed E-state index contributed by atoms with van der Waals surface area (Å²) in [5.74, 6) is -1.11. The van der Waals surface area contributed by atoms with Gasteiger partial charge in [-0.1, -0.05) is 30.3 Å². The summed E-state index contributed by atoms with van der Waals surface area (Å²) in [6, 6.07) is 6.91. The summed E-state index contributed by atoms with van der Waals surface area (Å²) in [6.45, 7) is 0.260. The van der Waals surface area contributed by atoms with E-state index in [4.69, 9.17) is 0 Å². The Kier molecular flexibility index (Phi) is 4.67. The maximum Gasteiger partial charge on any atom is 0.330 e. The van der Waals surface area contributed by atoms with Crippen molar-refractivity contribution in [2.24, 2.45) is 0 Å². The fourth-order valence-electron chi connectivity index (χ4n) is 1.61. The van der Waals surface area contributed by atoms with Gasteiger partial charge in [0.25, 0.3) is 0 Å². The summed E-state index contributed by atoms with van der Waals surface area (Å²) < 4.78 is 0. The maximum atomic E-state index is 11.7. The fraction of sp³-hybridized carbons (Fsp3) is 0.154. The van der Waals surface area contributed by atoms with Gasteiger partial charge >= 0.3 is 12.0 Å². The van der Waals surface area contributed by atoms with Crippen LogP contribution in [0.2, 0.25) is 0 Å². The monoisotopic (exact) mass is 291 g/mol. The number of carboxylic acid groups (broad SMARTS) is 1. The van der Waals surface area contributed by atoms with Crippen molar-refractivity contribution in [3.05, 3.63) is 52.5 Å². The minimum Gasteiger partial charge on any atom is -0.479 e. The van der Waals surface area contributed by atoms with Crippen molar-refractivity contribution >= 4 is 23.3 Å². The molecule has 2 aromatic rings. The van der Waals surface area contributed by atoms with Crippen LogP contribution in [-0.2, 0) is 11.3 Å². The van der Waals surface area contributed by atoms with Gasteiger partial charge in [0.05, 0.1) is 17.7 Å². The average molecular weight is 291 g/mol. The first-order valence-corrected chi connectivity index (χ1v) is 6.80. The van der Waals surface area contributed by atoms with Gasteiger partial charge in [-0.2, -0.15) is 0 Å². The third-order valence-corrected chi connectivity index (χ3v) is 3.20. The van der Waals surface area contributed by atoms with Gasteiger partial charge in [-0.05, 0) is 5.56 Å². The zero-order valence-corrected chi connectivity index (χ0v) is 11.3. The number of benzene rings is 1. The Bertz CT molecular complexity index is 572. The van der Waals surface area contributed by atoms with Gasteiger partial charge < -0.3 is 15.7 Å². The van der Waals surface area contributed by atoms with E-state index in [9.17, 15) is 14.7 Å². The number of thiazole rings is 1. The Labute approximate surface area is 119 Å². The highest BCUT2D eigenvalue weighted by Crippen LogP contribution is 2.12. The minimum atomic E-state index is -1.11. The highest BCUT2D eigenvalue weighted by Gasteiger charge is 2.21. The Balaban J connectivity index is 1.95. The number of nitrogens with zero attached hydrogens (tertiary/aromatic N) is 1. The first kappa shape index (κ1) is 14.0. The molecule has 0 fully saturated rings. The van der Waals surface area contributed by atoms with Crippen LogP contribution in [0.25, 0.3) is 0 Å². The van der Waals surface area contributed by atoms with Gasteiger partial charge in [-0.25, -0.2) is 14.6 Å². The molecule has 20 heavy (non-hydrogen) atoms. The second kappa shape index (κ2) is 6.67. The van der Waals surface area contributed by atoms with Gasteiger partial charge in [0, 0.05) is 5.38 Å². The number of urea groups is 1. The smallest absolute Gasteiger partial charge is 0.330 e. The molecule has 0 unspecified atom stereocenters. The van der Waals surface area contributed by atoms with Crippen molar-refractivity contribution in [1.29, 1.82) is 0 Å². The molecule has 1 heterocycles. The van der Waals surface area contributed by atoms with Crippen LogP contribution in [0.3, 0.4) is 0 Å². The molecule has 0 aliphatic rings. The fourth-order valence-corrected chi connectivity index (χ4v) is 2.17. The van der Waals surface area contributed by atoms with Gasteiger partial charge in [0.2, 0.25) is 0 Å². The van der Waals surface area contributed by atoms with E-state index >= 15 is 0 Å². The van der Waals surface area contributed by atoms with Crippen LogP contribution in [0.5, 0.6) is 0 Å². The Morgan fingerprint density at radius 1 is 1.30 bits per heavy atom. The number of hydrogen-bond donors (Lipinski definition) is 3. The number of aromatic nitrogens is 1. The molecule has 6 nitrogen and oxygen atoms in total. The molecule has 3 N–H and O–H groups in total. The summed E-state index contributed by atoms with van der Waals surface area (Å²) in [4.78, 5) is 27.0. The number of carboxylic acids is 1. The Hall–Kier alpha value is -2.41. The predicted octanol–water partition coefficient (Wildman–Crippen LogP) is 1.77. The number of carbonyl (C=O) groups is 2. The first-order chi connectivity index (χ1) is 9.66. The standard InChI is InChI=1S/C13H13N3O3S/c17-12(18)11(9-4-2-1-3-5-9)16-13(19)14-6-10-7-20-8-15-10/h1-5,7-8,11H,6H2,(H,17,18)(H2,14,16,19)/t11-/m1/s1. The van der Waals surface area contributed by atoms with E-state index in [0.29, 0.717) is 5.56 Å².